The van der Waals surface area contributed by atoms with Crippen molar-refractivity contribution in [3.05, 3.63) is 35.7 Å². The Hall–Kier alpha value is -1.33. The minimum atomic E-state index is 0.204. The van der Waals surface area contributed by atoms with Crippen molar-refractivity contribution in [2.75, 3.05) is 0 Å². The summed E-state index contributed by atoms with van der Waals surface area (Å²) < 4.78 is 2.29. The van der Waals surface area contributed by atoms with Crippen LogP contribution in [0.3, 0.4) is 0 Å². The van der Waals surface area contributed by atoms with Gasteiger partial charge < -0.3 is 10.3 Å². The molecule has 1 aromatic carbocycles. The molecule has 0 amide bonds. The van der Waals surface area contributed by atoms with Gasteiger partial charge in [0, 0.05) is 23.9 Å². The Morgan fingerprint density at radius 1 is 1.19 bits per heavy atom. The summed E-state index contributed by atoms with van der Waals surface area (Å²) in [4.78, 5) is 1.21. The number of hydrogen-bond acceptors (Lipinski definition) is 4. The van der Waals surface area contributed by atoms with Gasteiger partial charge in [0.05, 0.1) is 0 Å². The molecule has 0 radical (unpaired) electrons. The van der Waals surface area contributed by atoms with Crippen LogP contribution in [0.2, 0.25) is 0 Å². The van der Waals surface area contributed by atoms with E-state index in [1.54, 1.807) is 11.8 Å². The molecule has 1 aromatic heterocycles. The molecule has 1 atom stereocenters. The first kappa shape index (κ1) is 14.6. The molecule has 1 aliphatic rings. The van der Waals surface area contributed by atoms with Crippen molar-refractivity contribution in [2.24, 2.45) is 5.73 Å². The maximum atomic E-state index is 5.84. The first-order chi connectivity index (χ1) is 10.2. The van der Waals surface area contributed by atoms with Crippen molar-refractivity contribution >= 4 is 11.8 Å². The molecule has 0 fully saturated rings. The van der Waals surface area contributed by atoms with Gasteiger partial charge >= 0.3 is 0 Å². The van der Waals surface area contributed by atoms with Crippen LogP contribution < -0.4 is 5.73 Å². The van der Waals surface area contributed by atoms with E-state index in [0.29, 0.717) is 0 Å². The average Bonchev–Trinajstić information content (AvgIpc) is 2.69. The highest BCUT2D eigenvalue weighted by Crippen LogP contribution is 2.28. The largest absolute Gasteiger partial charge is 0.328 e. The molecule has 2 aromatic rings. The van der Waals surface area contributed by atoms with Crippen LogP contribution in [0.5, 0.6) is 0 Å². The van der Waals surface area contributed by atoms with Crippen molar-refractivity contribution in [3.63, 3.8) is 0 Å². The molecule has 1 unspecified atom stereocenters. The smallest absolute Gasteiger partial charge is 0.196 e. The summed E-state index contributed by atoms with van der Waals surface area (Å²) >= 11 is 1.70. The molecule has 2 N–H and O–H groups in total. The van der Waals surface area contributed by atoms with E-state index in [1.807, 2.05) is 6.92 Å². The Kier molecular flexibility index (Phi) is 4.60. The van der Waals surface area contributed by atoms with Crippen LogP contribution in [0.4, 0.5) is 0 Å². The number of hydrogen-bond donors (Lipinski definition) is 1. The summed E-state index contributed by atoms with van der Waals surface area (Å²) in [7, 11) is 0. The molecule has 0 saturated carbocycles. The fraction of sp³-hybridized carbons (Fsp3) is 0.500. The van der Waals surface area contributed by atoms with Crippen molar-refractivity contribution in [1.82, 2.24) is 14.8 Å². The Balaban J connectivity index is 1.73. The van der Waals surface area contributed by atoms with Gasteiger partial charge in [0.1, 0.15) is 5.82 Å². The third-order valence-corrected chi connectivity index (χ3v) is 4.76. The van der Waals surface area contributed by atoms with Crippen LogP contribution in [0, 0.1) is 0 Å². The molecule has 0 saturated heterocycles. The third kappa shape index (κ3) is 3.66. The summed E-state index contributed by atoms with van der Waals surface area (Å²) in [6, 6.07) is 8.83. The van der Waals surface area contributed by atoms with Gasteiger partial charge in [0.25, 0.3) is 0 Å². The lowest BCUT2D eigenvalue weighted by Crippen LogP contribution is -2.17. The molecule has 112 valence electrons. The van der Waals surface area contributed by atoms with Gasteiger partial charge in [-0.25, -0.2) is 0 Å². The van der Waals surface area contributed by atoms with Crippen molar-refractivity contribution in [1.29, 1.82) is 0 Å². The molecular formula is C16H22N4S. The Morgan fingerprint density at radius 2 is 2.00 bits per heavy atom. The molecule has 3 rings (SSSR count). The minimum absolute atomic E-state index is 0.204. The Morgan fingerprint density at radius 3 is 2.76 bits per heavy atom. The maximum absolute atomic E-state index is 5.84. The van der Waals surface area contributed by atoms with E-state index in [-0.39, 0.29) is 6.04 Å². The SMILES string of the molecule is CC(N)Cc1ccc(Sc2nnc3n2CCCCC3)cc1. The number of aromatic nitrogens is 3. The van der Waals surface area contributed by atoms with Crippen LogP contribution in [0.1, 0.15) is 37.6 Å². The van der Waals surface area contributed by atoms with Crippen LogP contribution in [-0.2, 0) is 19.4 Å². The topological polar surface area (TPSA) is 56.7 Å². The molecule has 0 aliphatic carbocycles. The second-order valence-corrected chi connectivity index (χ2v) is 6.83. The zero-order valence-electron chi connectivity index (χ0n) is 12.5. The lowest BCUT2D eigenvalue weighted by Gasteiger charge is -2.08. The molecule has 5 heteroatoms. The summed E-state index contributed by atoms with van der Waals surface area (Å²) in [5.41, 5.74) is 7.12. The standard InChI is InChI=1S/C16H22N4S/c1-12(17)11-13-6-8-14(9-7-13)21-16-19-18-15-5-3-2-4-10-20(15)16/h6-9,12H,2-5,10-11,17H2,1H3. The first-order valence-electron chi connectivity index (χ1n) is 7.67. The van der Waals surface area contributed by atoms with Gasteiger partial charge in [-0.05, 0) is 55.6 Å². The van der Waals surface area contributed by atoms with E-state index in [9.17, 15) is 0 Å². The van der Waals surface area contributed by atoms with E-state index in [1.165, 1.54) is 29.7 Å². The molecule has 0 spiro atoms. The third-order valence-electron chi connectivity index (χ3n) is 3.77. The quantitative estimate of drug-likeness (QED) is 0.943. The minimum Gasteiger partial charge on any atom is -0.328 e. The monoisotopic (exact) mass is 302 g/mol. The van der Waals surface area contributed by atoms with E-state index in [0.717, 1.165) is 30.4 Å². The van der Waals surface area contributed by atoms with E-state index in [2.05, 4.69) is 39.0 Å². The number of rotatable bonds is 4. The van der Waals surface area contributed by atoms with Crippen LogP contribution in [-0.4, -0.2) is 20.8 Å². The summed E-state index contributed by atoms with van der Waals surface area (Å²) in [6.07, 6.45) is 5.73. The van der Waals surface area contributed by atoms with E-state index >= 15 is 0 Å². The van der Waals surface area contributed by atoms with Gasteiger partial charge in [-0.3, -0.25) is 0 Å². The van der Waals surface area contributed by atoms with Gasteiger partial charge in [0.15, 0.2) is 5.16 Å². The Labute approximate surface area is 130 Å². The van der Waals surface area contributed by atoms with Crippen molar-refractivity contribution < 1.29 is 0 Å². The highest BCUT2D eigenvalue weighted by molar-refractivity contribution is 7.99. The van der Waals surface area contributed by atoms with Crippen LogP contribution >= 0.6 is 11.8 Å². The maximum Gasteiger partial charge on any atom is 0.196 e. The highest BCUT2D eigenvalue weighted by Gasteiger charge is 2.15. The predicted molar refractivity (Wildman–Crippen MR) is 85.5 cm³/mol. The first-order valence-corrected chi connectivity index (χ1v) is 8.48. The second kappa shape index (κ2) is 6.62. The summed E-state index contributed by atoms with van der Waals surface area (Å²) in [6.45, 7) is 3.08. The number of benzene rings is 1. The Bertz CT molecular complexity index is 589. The highest BCUT2D eigenvalue weighted by atomic mass is 32.2. The zero-order chi connectivity index (χ0) is 14.7. The van der Waals surface area contributed by atoms with Gasteiger partial charge in [-0.15, -0.1) is 10.2 Å². The van der Waals surface area contributed by atoms with Gasteiger partial charge in [-0.1, -0.05) is 18.6 Å². The van der Waals surface area contributed by atoms with Crippen molar-refractivity contribution in [2.45, 2.75) is 61.7 Å². The predicted octanol–water partition coefficient (Wildman–Crippen LogP) is 3.05. The number of nitrogens with zero attached hydrogens (tertiary/aromatic N) is 3. The molecular weight excluding hydrogens is 280 g/mol. The number of aryl methyl sites for hydroxylation is 1. The average molecular weight is 302 g/mol. The lowest BCUT2D eigenvalue weighted by atomic mass is 10.1. The second-order valence-electron chi connectivity index (χ2n) is 5.79. The number of nitrogens with two attached hydrogens (primary N) is 1. The number of fused-ring (bicyclic) bond motifs is 1. The van der Waals surface area contributed by atoms with E-state index < -0.39 is 0 Å². The van der Waals surface area contributed by atoms with Gasteiger partial charge in [-0.2, -0.15) is 0 Å². The fourth-order valence-corrected chi connectivity index (χ4v) is 3.58. The van der Waals surface area contributed by atoms with Crippen LogP contribution in [0.25, 0.3) is 0 Å². The molecule has 0 bridgehead atoms. The van der Waals surface area contributed by atoms with Crippen molar-refractivity contribution in [3.8, 4) is 0 Å². The van der Waals surface area contributed by atoms with Gasteiger partial charge in [0.2, 0.25) is 0 Å². The van der Waals surface area contributed by atoms with E-state index in [4.69, 9.17) is 5.73 Å². The molecule has 1 aliphatic heterocycles. The lowest BCUT2D eigenvalue weighted by molar-refractivity contribution is 0.591. The summed E-state index contributed by atoms with van der Waals surface area (Å²) in [5, 5.41) is 9.73. The molecule has 2 heterocycles. The summed E-state index contributed by atoms with van der Waals surface area (Å²) in [5.74, 6) is 1.14. The fourth-order valence-electron chi connectivity index (χ4n) is 2.70. The molecule has 4 nitrogen and oxygen atoms in total. The van der Waals surface area contributed by atoms with Crippen LogP contribution in [0.15, 0.2) is 34.3 Å². The molecule has 21 heavy (non-hydrogen) atoms. The zero-order valence-corrected chi connectivity index (χ0v) is 13.3. The normalized spacial score (nSPS) is 16.3.